The molecule has 1 rings (SSSR count). The first-order valence-electron chi connectivity index (χ1n) is 6.61. The molecular formula is C14H24N2O2S. The van der Waals surface area contributed by atoms with Crippen molar-refractivity contribution in [3.05, 3.63) is 23.3 Å². The zero-order valence-corrected chi connectivity index (χ0v) is 13.2. The average molecular weight is 284 g/mol. The highest BCUT2D eigenvalue weighted by Gasteiger charge is 2.29. The molecule has 1 aromatic carbocycles. The van der Waals surface area contributed by atoms with Crippen molar-refractivity contribution in [2.75, 3.05) is 12.8 Å². The molecule has 0 saturated carbocycles. The molecule has 0 unspecified atom stereocenters. The third-order valence-electron chi connectivity index (χ3n) is 3.80. The standard InChI is InChI=1S/C14H24N2O2S/c1-6-12(7-2)16(5)19(17,18)14-11(4)10(3)8-9-13(14)15/h8-9,12H,6-7,15H2,1-5H3. The lowest BCUT2D eigenvalue weighted by atomic mass is 10.1. The first-order valence-corrected chi connectivity index (χ1v) is 8.05. The third kappa shape index (κ3) is 2.92. The maximum atomic E-state index is 12.7. The summed E-state index contributed by atoms with van der Waals surface area (Å²) in [5.41, 5.74) is 7.88. The van der Waals surface area contributed by atoms with E-state index >= 15 is 0 Å². The van der Waals surface area contributed by atoms with Crippen LogP contribution in [0.5, 0.6) is 0 Å². The molecule has 0 aliphatic heterocycles. The zero-order chi connectivity index (χ0) is 14.8. The van der Waals surface area contributed by atoms with Crippen molar-refractivity contribution in [1.29, 1.82) is 0 Å². The predicted molar refractivity (Wildman–Crippen MR) is 79.6 cm³/mol. The number of hydrogen-bond acceptors (Lipinski definition) is 3. The Morgan fingerprint density at radius 2 is 1.74 bits per heavy atom. The van der Waals surface area contributed by atoms with E-state index in [-0.39, 0.29) is 10.9 Å². The molecule has 0 saturated heterocycles. The van der Waals surface area contributed by atoms with E-state index in [1.54, 1.807) is 20.0 Å². The highest BCUT2D eigenvalue weighted by atomic mass is 32.2. The molecule has 0 radical (unpaired) electrons. The zero-order valence-electron chi connectivity index (χ0n) is 12.4. The lowest BCUT2D eigenvalue weighted by molar-refractivity contribution is 0.349. The maximum Gasteiger partial charge on any atom is 0.245 e. The molecule has 0 aromatic heterocycles. The van der Waals surface area contributed by atoms with Gasteiger partial charge < -0.3 is 5.73 Å². The Morgan fingerprint density at radius 3 is 2.21 bits per heavy atom. The van der Waals surface area contributed by atoms with Gasteiger partial charge in [-0.25, -0.2) is 8.42 Å². The molecule has 0 amide bonds. The van der Waals surface area contributed by atoms with Gasteiger partial charge in [0.25, 0.3) is 0 Å². The van der Waals surface area contributed by atoms with Crippen LogP contribution in [0.1, 0.15) is 37.8 Å². The van der Waals surface area contributed by atoms with Gasteiger partial charge in [0.1, 0.15) is 4.90 Å². The molecule has 2 N–H and O–H groups in total. The summed E-state index contributed by atoms with van der Waals surface area (Å²) in [5.74, 6) is 0. The van der Waals surface area contributed by atoms with E-state index < -0.39 is 10.0 Å². The molecule has 0 aliphatic carbocycles. The summed E-state index contributed by atoms with van der Waals surface area (Å²) in [6.07, 6.45) is 1.58. The monoisotopic (exact) mass is 284 g/mol. The van der Waals surface area contributed by atoms with Crippen molar-refractivity contribution < 1.29 is 8.42 Å². The molecule has 0 heterocycles. The summed E-state index contributed by atoms with van der Waals surface area (Å²) in [6, 6.07) is 3.51. The van der Waals surface area contributed by atoms with Crippen LogP contribution in [-0.2, 0) is 10.0 Å². The number of nitrogens with zero attached hydrogens (tertiary/aromatic N) is 1. The largest absolute Gasteiger partial charge is 0.398 e. The quantitative estimate of drug-likeness (QED) is 0.846. The van der Waals surface area contributed by atoms with Crippen molar-refractivity contribution in [3.63, 3.8) is 0 Å². The van der Waals surface area contributed by atoms with Gasteiger partial charge in [0.2, 0.25) is 10.0 Å². The van der Waals surface area contributed by atoms with Crippen LogP contribution in [0.15, 0.2) is 17.0 Å². The van der Waals surface area contributed by atoms with Crippen LogP contribution >= 0.6 is 0 Å². The summed E-state index contributed by atoms with van der Waals surface area (Å²) in [6.45, 7) is 7.68. The number of benzene rings is 1. The Balaban J connectivity index is 3.40. The van der Waals surface area contributed by atoms with E-state index in [1.165, 1.54) is 4.31 Å². The Kier molecular flexibility index (Phi) is 4.98. The van der Waals surface area contributed by atoms with E-state index in [2.05, 4.69) is 0 Å². The predicted octanol–water partition coefficient (Wildman–Crippen LogP) is 2.69. The highest BCUT2D eigenvalue weighted by molar-refractivity contribution is 7.89. The minimum absolute atomic E-state index is 0.00399. The number of nitrogen functional groups attached to an aromatic ring is 1. The van der Waals surface area contributed by atoms with Crippen LogP contribution in [0, 0.1) is 13.8 Å². The van der Waals surface area contributed by atoms with Gasteiger partial charge in [-0.1, -0.05) is 19.9 Å². The normalized spacial score (nSPS) is 12.4. The van der Waals surface area contributed by atoms with Crippen LogP contribution in [0.3, 0.4) is 0 Å². The van der Waals surface area contributed by atoms with Crippen molar-refractivity contribution in [3.8, 4) is 0 Å². The summed E-state index contributed by atoms with van der Waals surface area (Å²) in [5, 5.41) is 0. The molecule has 0 fully saturated rings. The summed E-state index contributed by atoms with van der Waals surface area (Å²) < 4.78 is 26.9. The fourth-order valence-electron chi connectivity index (χ4n) is 2.30. The average Bonchev–Trinajstić information content (AvgIpc) is 2.35. The van der Waals surface area contributed by atoms with E-state index in [1.807, 2.05) is 26.8 Å². The molecule has 1 aromatic rings. The van der Waals surface area contributed by atoms with Gasteiger partial charge in [-0.15, -0.1) is 0 Å². The van der Waals surface area contributed by atoms with Gasteiger partial charge >= 0.3 is 0 Å². The molecule has 0 aliphatic rings. The minimum atomic E-state index is -3.54. The molecule has 4 nitrogen and oxygen atoms in total. The smallest absolute Gasteiger partial charge is 0.245 e. The van der Waals surface area contributed by atoms with Crippen molar-refractivity contribution in [1.82, 2.24) is 4.31 Å². The number of rotatable bonds is 5. The molecule has 0 bridgehead atoms. The van der Waals surface area contributed by atoms with Crippen molar-refractivity contribution >= 4 is 15.7 Å². The topological polar surface area (TPSA) is 63.4 Å². The number of aryl methyl sites for hydroxylation is 1. The Labute approximate surface area is 116 Å². The fourth-order valence-corrected chi connectivity index (χ4v) is 4.19. The van der Waals surface area contributed by atoms with E-state index in [0.717, 1.165) is 24.0 Å². The third-order valence-corrected chi connectivity index (χ3v) is 5.92. The molecular weight excluding hydrogens is 260 g/mol. The van der Waals surface area contributed by atoms with E-state index in [9.17, 15) is 8.42 Å². The summed E-state index contributed by atoms with van der Waals surface area (Å²) >= 11 is 0. The first-order chi connectivity index (χ1) is 8.77. The van der Waals surface area contributed by atoms with Gasteiger partial charge in [-0.05, 0) is 43.9 Å². The maximum absolute atomic E-state index is 12.7. The second kappa shape index (κ2) is 5.92. The van der Waals surface area contributed by atoms with Crippen molar-refractivity contribution in [2.24, 2.45) is 0 Å². The van der Waals surface area contributed by atoms with Crippen LogP contribution in [-0.4, -0.2) is 25.8 Å². The molecule has 0 spiro atoms. The Hall–Kier alpha value is -1.07. The van der Waals surface area contributed by atoms with Gasteiger partial charge in [-0.2, -0.15) is 4.31 Å². The highest BCUT2D eigenvalue weighted by Crippen LogP contribution is 2.29. The lowest BCUT2D eigenvalue weighted by Crippen LogP contribution is -2.37. The van der Waals surface area contributed by atoms with Crippen LogP contribution in [0.2, 0.25) is 0 Å². The van der Waals surface area contributed by atoms with Crippen molar-refractivity contribution in [2.45, 2.75) is 51.5 Å². The number of nitrogens with two attached hydrogens (primary N) is 1. The molecule has 19 heavy (non-hydrogen) atoms. The molecule has 0 atom stereocenters. The second-order valence-electron chi connectivity index (χ2n) is 4.92. The Bertz CT molecular complexity index is 549. The summed E-state index contributed by atoms with van der Waals surface area (Å²) in [4.78, 5) is 0.252. The van der Waals surface area contributed by atoms with Gasteiger partial charge in [0.05, 0.1) is 5.69 Å². The number of hydrogen-bond donors (Lipinski definition) is 1. The van der Waals surface area contributed by atoms with Crippen LogP contribution in [0.4, 0.5) is 5.69 Å². The number of anilines is 1. The summed E-state index contributed by atoms with van der Waals surface area (Å²) in [7, 11) is -1.90. The SMILES string of the molecule is CCC(CC)N(C)S(=O)(=O)c1c(N)ccc(C)c1C. The first kappa shape index (κ1) is 16.0. The number of sulfonamides is 1. The van der Waals surface area contributed by atoms with E-state index in [0.29, 0.717) is 5.69 Å². The van der Waals surface area contributed by atoms with Crippen LogP contribution in [0.25, 0.3) is 0 Å². The van der Waals surface area contributed by atoms with Gasteiger partial charge in [-0.3, -0.25) is 0 Å². The second-order valence-corrected chi connectivity index (χ2v) is 6.85. The van der Waals surface area contributed by atoms with Crippen LogP contribution < -0.4 is 5.73 Å². The van der Waals surface area contributed by atoms with Gasteiger partial charge in [0, 0.05) is 13.1 Å². The lowest BCUT2D eigenvalue weighted by Gasteiger charge is -2.27. The van der Waals surface area contributed by atoms with E-state index in [4.69, 9.17) is 5.73 Å². The Morgan fingerprint density at radius 1 is 1.21 bits per heavy atom. The minimum Gasteiger partial charge on any atom is -0.398 e. The fraction of sp³-hybridized carbons (Fsp3) is 0.571. The van der Waals surface area contributed by atoms with Gasteiger partial charge in [0.15, 0.2) is 0 Å². The molecule has 108 valence electrons. The molecule has 5 heteroatoms.